The molecule has 0 atom stereocenters. The van der Waals surface area contributed by atoms with Crippen molar-refractivity contribution < 1.29 is 14.3 Å². The van der Waals surface area contributed by atoms with Gasteiger partial charge in [0.2, 0.25) is 0 Å². The Kier molecular flexibility index (Phi) is 6.05. The van der Waals surface area contributed by atoms with Crippen LogP contribution < -0.4 is 15.0 Å². The van der Waals surface area contributed by atoms with E-state index in [0.717, 1.165) is 0 Å². The molecule has 7 nitrogen and oxygen atoms in total. The van der Waals surface area contributed by atoms with Crippen molar-refractivity contribution in [3.05, 3.63) is 52.8 Å². The standard InChI is InChI=1S/C18H21ClN4O3/c1-6-16(24)23(10-13-11(2)21-22(4)17(13)19)14-9-12(18(25)20-3)7-8-15(14)26-5/h6-9H,1,10H2,2-5H3,(H,20,25). The van der Waals surface area contributed by atoms with E-state index in [1.54, 1.807) is 29.9 Å². The highest BCUT2D eigenvalue weighted by molar-refractivity contribution is 6.30. The van der Waals surface area contributed by atoms with Gasteiger partial charge in [0, 0.05) is 25.2 Å². The Hall–Kier alpha value is -2.80. The SMILES string of the molecule is C=CC(=O)N(Cc1c(C)nn(C)c1Cl)c1cc(C(=O)NC)ccc1OC. The average molecular weight is 377 g/mol. The zero-order valence-electron chi connectivity index (χ0n) is 15.2. The van der Waals surface area contributed by atoms with Gasteiger partial charge in [0.1, 0.15) is 10.9 Å². The molecule has 0 fully saturated rings. The van der Waals surface area contributed by atoms with Crippen molar-refractivity contribution >= 4 is 29.1 Å². The van der Waals surface area contributed by atoms with Crippen LogP contribution in [0.1, 0.15) is 21.6 Å². The van der Waals surface area contributed by atoms with E-state index < -0.39 is 0 Å². The highest BCUT2D eigenvalue weighted by Crippen LogP contribution is 2.32. The molecule has 0 aliphatic rings. The van der Waals surface area contributed by atoms with E-state index in [-0.39, 0.29) is 18.4 Å². The summed E-state index contributed by atoms with van der Waals surface area (Å²) in [7, 11) is 4.76. The minimum atomic E-state index is -0.350. The number of carbonyl (C=O) groups is 2. The summed E-state index contributed by atoms with van der Waals surface area (Å²) in [6, 6.07) is 4.86. The molecule has 0 saturated heterocycles. The maximum atomic E-state index is 12.5. The summed E-state index contributed by atoms with van der Waals surface area (Å²) in [5.41, 5.74) is 2.26. The maximum absolute atomic E-state index is 12.5. The van der Waals surface area contributed by atoms with Crippen LogP contribution in [-0.4, -0.2) is 35.8 Å². The summed E-state index contributed by atoms with van der Waals surface area (Å²) in [4.78, 5) is 26.0. The summed E-state index contributed by atoms with van der Waals surface area (Å²) in [5.74, 6) is -0.169. The molecule has 2 rings (SSSR count). The number of nitrogens with one attached hydrogen (secondary N) is 1. The number of amides is 2. The van der Waals surface area contributed by atoms with Gasteiger partial charge < -0.3 is 15.0 Å². The number of hydrogen-bond acceptors (Lipinski definition) is 4. The molecule has 0 radical (unpaired) electrons. The van der Waals surface area contributed by atoms with Gasteiger partial charge in [0.05, 0.1) is 25.0 Å². The molecule has 1 aromatic heterocycles. The molecular weight excluding hydrogens is 356 g/mol. The highest BCUT2D eigenvalue weighted by atomic mass is 35.5. The van der Waals surface area contributed by atoms with Crippen molar-refractivity contribution in [2.24, 2.45) is 7.05 Å². The number of anilines is 1. The molecule has 0 spiro atoms. The normalized spacial score (nSPS) is 10.3. The predicted octanol–water partition coefficient (Wildman–Crippen LogP) is 2.47. The molecule has 138 valence electrons. The molecule has 26 heavy (non-hydrogen) atoms. The number of aryl methyl sites for hydroxylation is 2. The van der Waals surface area contributed by atoms with Crippen LogP contribution in [0.25, 0.3) is 0 Å². The van der Waals surface area contributed by atoms with Crippen molar-refractivity contribution in [1.82, 2.24) is 15.1 Å². The number of nitrogens with zero attached hydrogens (tertiary/aromatic N) is 3. The number of methoxy groups -OCH3 is 1. The Morgan fingerprint density at radius 1 is 1.46 bits per heavy atom. The third kappa shape index (κ3) is 3.72. The number of hydrogen-bond donors (Lipinski definition) is 1. The molecule has 0 aliphatic heterocycles. The average Bonchev–Trinajstić information content (AvgIpc) is 2.89. The maximum Gasteiger partial charge on any atom is 0.251 e. The highest BCUT2D eigenvalue weighted by Gasteiger charge is 2.23. The van der Waals surface area contributed by atoms with Gasteiger partial charge >= 0.3 is 0 Å². The van der Waals surface area contributed by atoms with Crippen LogP contribution in [0.3, 0.4) is 0 Å². The zero-order valence-corrected chi connectivity index (χ0v) is 15.9. The van der Waals surface area contributed by atoms with Crippen molar-refractivity contribution in [2.75, 3.05) is 19.1 Å². The fourth-order valence-electron chi connectivity index (χ4n) is 2.59. The number of carbonyl (C=O) groups excluding carboxylic acids is 2. The molecule has 0 bridgehead atoms. The first-order valence-electron chi connectivity index (χ1n) is 7.86. The zero-order chi connectivity index (χ0) is 19.4. The summed E-state index contributed by atoms with van der Waals surface area (Å²) in [6.07, 6.45) is 1.20. The first-order chi connectivity index (χ1) is 12.3. The molecule has 2 aromatic rings. The van der Waals surface area contributed by atoms with E-state index in [9.17, 15) is 9.59 Å². The molecule has 1 aromatic carbocycles. The summed E-state index contributed by atoms with van der Waals surface area (Å²) in [6.45, 7) is 5.54. The van der Waals surface area contributed by atoms with Gasteiger partial charge in [-0.1, -0.05) is 18.2 Å². The van der Waals surface area contributed by atoms with E-state index >= 15 is 0 Å². The van der Waals surface area contributed by atoms with Crippen LogP contribution in [-0.2, 0) is 18.4 Å². The molecule has 1 N–H and O–H groups in total. The van der Waals surface area contributed by atoms with Gasteiger partial charge in [-0.15, -0.1) is 0 Å². The van der Waals surface area contributed by atoms with E-state index in [2.05, 4.69) is 17.0 Å². The quantitative estimate of drug-likeness (QED) is 0.786. The number of aromatic nitrogens is 2. The van der Waals surface area contributed by atoms with Crippen molar-refractivity contribution in [3.8, 4) is 5.75 Å². The minimum absolute atomic E-state index is 0.164. The summed E-state index contributed by atoms with van der Waals surface area (Å²) >= 11 is 6.31. The molecule has 0 saturated carbocycles. The second kappa shape index (κ2) is 8.05. The molecular formula is C18H21ClN4O3. The van der Waals surface area contributed by atoms with E-state index in [4.69, 9.17) is 16.3 Å². The van der Waals surface area contributed by atoms with Crippen molar-refractivity contribution in [1.29, 1.82) is 0 Å². The minimum Gasteiger partial charge on any atom is -0.495 e. The third-order valence-electron chi connectivity index (χ3n) is 3.99. The van der Waals surface area contributed by atoms with Crippen LogP contribution in [0.2, 0.25) is 5.15 Å². The number of rotatable bonds is 6. The Labute approximate surface area is 157 Å². The molecule has 2 amide bonds. The first-order valence-corrected chi connectivity index (χ1v) is 8.23. The molecule has 0 unspecified atom stereocenters. The third-order valence-corrected chi connectivity index (χ3v) is 4.46. The molecule has 1 heterocycles. The Balaban J connectivity index is 2.58. The Morgan fingerprint density at radius 3 is 2.65 bits per heavy atom. The smallest absolute Gasteiger partial charge is 0.251 e. The van der Waals surface area contributed by atoms with E-state index in [0.29, 0.717) is 33.4 Å². The van der Waals surface area contributed by atoms with Crippen LogP contribution >= 0.6 is 11.6 Å². The van der Waals surface area contributed by atoms with Gasteiger partial charge in [0.15, 0.2) is 0 Å². The summed E-state index contributed by atoms with van der Waals surface area (Å²) in [5, 5.41) is 7.27. The molecule has 8 heteroatoms. The fourth-order valence-corrected chi connectivity index (χ4v) is 2.82. The monoisotopic (exact) mass is 376 g/mol. The van der Waals surface area contributed by atoms with E-state index in [1.807, 2.05) is 6.92 Å². The van der Waals surface area contributed by atoms with Crippen molar-refractivity contribution in [3.63, 3.8) is 0 Å². The Morgan fingerprint density at radius 2 is 2.15 bits per heavy atom. The Bertz CT molecular complexity index is 860. The molecule has 0 aliphatic carbocycles. The lowest BCUT2D eigenvalue weighted by molar-refractivity contribution is -0.114. The second-order valence-corrected chi connectivity index (χ2v) is 5.93. The number of benzene rings is 1. The lowest BCUT2D eigenvalue weighted by atomic mass is 10.1. The van der Waals surface area contributed by atoms with Gasteiger partial charge in [-0.3, -0.25) is 14.3 Å². The first kappa shape index (κ1) is 19.5. The van der Waals surface area contributed by atoms with Crippen molar-refractivity contribution in [2.45, 2.75) is 13.5 Å². The number of ether oxygens (including phenoxy) is 1. The summed E-state index contributed by atoms with van der Waals surface area (Å²) < 4.78 is 6.92. The van der Waals surface area contributed by atoms with Gasteiger partial charge in [-0.05, 0) is 31.2 Å². The second-order valence-electron chi connectivity index (χ2n) is 5.57. The van der Waals surface area contributed by atoms with Gasteiger partial charge in [-0.25, -0.2) is 0 Å². The van der Waals surface area contributed by atoms with Crippen LogP contribution in [0.5, 0.6) is 5.75 Å². The fraction of sp³-hybridized carbons (Fsp3) is 0.278. The van der Waals surface area contributed by atoms with E-state index in [1.165, 1.54) is 25.1 Å². The van der Waals surface area contributed by atoms with Crippen LogP contribution in [0.4, 0.5) is 5.69 Å². The number of halogens is 1. The van der Waals surface area contributed by atoms with Crippen LogP contribution in [0, 0.1) is 6.92 Å². The lowest BCUT2D eigenvalue weighted by Gasteiger charge is -2.24. The van der Waals surface area contributed by atoms with Crippen LogP contribution in [0.15, 0.2) is 30.9 Å². The lowest BCUT2D eigenvalue weighted by Crippen LogP contribution is -2.30. The van der Waals surface area contributed by atoms with Gasteiger partial charge in [-0.2, -0.15) is 5.10 Å². The van der Waals surface area contributed by atoms with Gasteiger partial charge in [0.25, 0.3) is 11.8 Å². The topological polar surface area (TPSA) is 76.5 Å². The predicted molar refractivity (Wildman–Crippen MR) is 101 cm³/mol. The largest absolute Gasteiger partial charge is 0.495 e.